The third-order valence-corrected chi connectivity index (χ3v) is 4.28. The minimum atomic E-state index is -0.696. The van der Waals surface area contributed by atoms with Crippen molar-refractivity contribution in [1.29, 1.82) is 0 Å². The molecule has 0 aliphatic heterocycles. The highest BCUT2D eigenvalue weighted by Crippen LogP contribution is 2.41. The molecule has 1 fully saturated rings. The molecule has 3 N–H and O–H groups in total. The fraction of sp³-hybridized carbons (Fsp3) is 0.600. The van der Waals surface area contributed by atoms with Crippen molar-refractivity contribution in [2.45, 2.75) is 56.6 Å². The average molecular weight is 233 g/mol. The first-order chi connectivity index (χ1) is 7.92. The number of aliphatic hydroxyl groups is 1. The molecule has 0 unspecified atom stereocenters. The zero-order chi connectivity index (χ0) is 12.5. The molecule has 1 aliphatic rings. The van der Waals surface area contributed by atoms with Gasteiger partial charge in [0.2, 0.25) is 0 Å². The van der Waals surface area contributed by atoms with E-state index < -0.39 is 11.1 Å². The van der Waals surface area contributed by atoms with Gasteiger partial charge in [-0.1, -0.05) is 30.3 Å². The Morgan fingerprint density at radius 3 is 2.18 bits per heavy atom. The minimum absolute atomic E-state index is 0.505. The molecule has 0 amide bonds. The first-order valence-corrected chi connectivity index (χ1v) is 6.49. The maximum absolute atomic E-state index is 10.5. The zero-order valence-electron chi connectivity index (χ0n) is 10.8. The summed E-state index contributed by atoms with van der Waals surface area (Å²) >= 11 is 0. The normalized spacial score (nSPS) is 30.2. The molecule has 0 bridgehead atoms. The standard InChI is InChI=1S/C15H23NO/c1-14(2,16)15(17)10-8-13(9-11-15)12-6-4-3-5-7-12/h3-7,13,17H,8-11,16H2,1-2H3. The van der Waals surface area contributed by atoms with Gasteiger partial charge in [0.15, 0.2) is 0 Å². The number of rotatable bonds is 2. The minimum Gasteiger partial charge on any atom is -0.388 e. The summed E-state index contributed by atoms with van der Waals surface area (Å²) in [6, 6.07) is 10.6. The molecule has 0 aromatic heterocycles. The molecule has 2 nitrogen and oxygen atoms in total. The average Bonchev–Trinajstić information content (AvgIpc) is 2.30. The van der Waals surface area contributed by atoms with Gasteiger partial charge in [-0.25, -0.2) is 0 Å². The summed E-state index contributed by atoms with van der Waals surface area (Å²) in [5, 5.41) is 10.5. The Labute approximate surface area is 104 Å². The van der Waals surface area contributed by atoms with E-state index in [2.05, 4.69) is 24.3 Å². The van der Waals surface area contributed by atoms with Crippen LogP contribution in [0.15, 0.2) is 30.3 Å². The summed E-state index contributed by atoms with van der Waals surface area (Å²) in [6.07, 6.45) is 3.66. The highest BCUT2D eigenvalue weighted by Gasteiger charge is 2.43. The molecule has 1 aromatic carbocycles. The van der Waals surface area contributed by atoms with Gasteiger partial charge in [-0.15, -0.1) is 0 Å². The van der Waals surface area contributed by atoms with Gasteiger partial charge < -0.3 is 10.8 Å². The Kier molecular flexibility index (Phi) is 3.28. The molecule has 94 valence electrons. The van der Waals surface area contributed by atoms with E-state index in [0.29, 0.717) is 5.92 Å². The van der Waals surface area contributed by atoms with Gasteiger partial charge in [-0.3, -0.25) is 0 Å². The summed E-state index contributed by atoms with van der Waals surface area (Å²) in [6.45, 7) is 3.85. The number of nitrogens with two attached hydrogens (primary N) is 1. The van der Waals surface area contributed by atoms with Crippen molar-refractivity contribution in [3.05, 3.63) is 35.9 Å². The molecule has 0 radical (unpaired) electrons. The molecule has 2 heteroatoms. The number of hydrogen-bond acceptors (Lipinski definition) is 2. The van der Waals surface area contributed by atoms with Crippen LogP contribution in [0.25, 0.3) is 0 Å². The highest BCUT2D eigenvalue weighted by molar-refractivity contribution is 5.21. The Bertz CT molecular complexity index is 358. The number of benzene rings is 1. The van der Waals surface area contributed by atoms with Crippen LogP contribution in [0, 0.1) is 0 Å². The smallest absolute Gasteiger partial charge is 0.0821 e. The Balaban J connectivity index is 2.04. The molecule has 1 aromatic rings. The molecular weight excluding hydrogens is 210 g/mol. The fourth-order valence-electron chi connectivity index (χ4n) is 2.80. The van der Waals surface area contributed by atoms with E-state index in [-0.39, 0.29) is 0 Å². The van der Waals surface area contributed by atoms with Crippen molar-refractivity contribution < 1.29 is 5.11 Å². The van der Waals surface area contributed by atoms with Crippen LogP contribution in [0.3, 0.4) is 0 Å². The van der Waals surface area contributed by atoms with Crippen molar-refractivity contribution in [2.24, 2.45) is 5.73 Å². The van der Waals surface area contributed by atoms with Gasteiger partial charge in [0, 0.05) is 5.54 Å². The third-order valence-electron chi connectivity index (χ3n) is 4.28. The predicted molar refractivity (Wildman–Crippen MR) is 70.9 cm³/mol. The number of hydrogen-bond donors (Lipinski definition) is 2. The zero-order valence-corrected chi connectivity index (χ0v) is 10.8. The second kappa shape index (κ2) is 4.43. The van der Waals surface area contributed by atoms with Crippen LogP contribution in [-0.4, -0.2) is 16.2 Å². The van der Waals surface area contributed by atoms with Crippen molar-refractivity contribution >= 4 is 0 Å². The summed E-state index contributed by atoms with van der Waals surface area (Å²) in [5.41, 5.74) is 6.27. The first kappa shape index (κ1) is 12.6. The maximum atomic E-state index is 10.5. The van der Waals surface area contributed by atoms with Crippen molar-refractivity contribution in [1.82, 2.24) is 0 Å². The highest BCUT2D eigenvalue weighted by atomic mass is 16.3. The summed E-state index contributed by atoms with van der Waals surface area (Å²) in [4.78, 5) is 0. The van der Waals surface area contributed by atoms with E-state index in [0.717, 1.165) is 25.7 Å². The van der Waals surface area contributed by atoms with Crippen LogP contribution >= 0.6 is 0 Å². The van der Waals surface area contributed by atoms with Crippen LogP contribution < -0.4 is 5.73 Å². The molecule has 1 saturated carbocycles. The molecule has 0 spiro atoms. The summed E-state index contributed by atoms with van der Waals surface area (Å²) < 4.78 is 0. The van der Waals surface area contributed by atoms with Gasteiger partial charge >= 0.3 is 0 Å². The largest absolute Gasteiger partial charge is 0.388 e. The lowest BCUT2D eigenvalue weighted by Crippen LogP contribution is -2.57. The van der Waals surface area contributed by atoms with E-state index in [9.17, 15) is 5.11 Å². The summed E-state index contributed by atoms with van der Waals surface area (Å²) in [7, 11) is 0. The monoisotopic (exact) mass is 233 g/mol. The topological polar surface area (TPSA) is 46.2 Å². The van der Waals surface area contributed by atoms with Crippen LogP contribution in [-0.2, 0) is 0 Å². The van der Waals surface area contributed by atoms with Gasteiger partial charge in [0.1, 0.15) is 0 Å². The van der Waals surface area contributed by atoms with Crippen molar-refractivity contribution in [3.8, 4) is 0 Å². The quantitative estimate of drug-likeness (QED) is 0.825. The second-order valence-electron chi connectivity index (χ2n) is 5.94. The maximum Gasteiger partial charge on any atom is 0.0821 e. The lowest BCUT2D eigenvalue weighted by atomic mass is 9.68. The SMILES string of the molecule is CC(C)(N)C1(O)CCC(c2ccccc2)CC1. The molecule has 1 aliphatic carbocycles. The van der Waals surface area contributed by atoms with Gasteiger partial charge in [-0.05, 0) is 51.0 Å². The van der Waals surface area contributed by atoms with Crippen molar-refractivity contribution in [2.75, 3.05) is 0 Å². The lowest BCUT2D eigenvalue weighted by Gasteiger charge is -2.45. The van der Waals surface area contributed by atoms with Gasteiger partial charge in [0.25, 0.3) is 0 Å². The summed E-state index contributed by atoms with van der Waals surface area (Å²) in [5.74, 6) is 0.582. The van der Waals surface area contributed by atoms with Crippen LogP contribution in [0.5, 0.6) is 0 Å². The predicted octanol–water partition coefficient (Wildman–Crippen LogP) is 2.81. The Hall–Kier alpha value is -0.860. The lowest BCUT2D eigenvalue weighted by molar-refractivity contribution is -0.0549. The third kappa shape index (κ3) is 2.53. The molecule has 0 saturated heterocycles. The Morgan fingerprint density at radius 1 is 1.18 bits per heavy atom. The van der Waals surface area contributed by atoms with Crippen LogP contribution in [0.4, 0.5) is 0 Å². The second-order valence-corrected chi connectivity index (χ2v) is 5.94. The van der Waals surface area contributed by atoms with E-state index in [1.54, 1.807) is 0 Å². The van der Waals surface area contributed by atoms with E-state index in [1.165, 1.54) is 5.56 Å². The fourth-order valence-corrected chi connectivity index (χ4v) is 2.80. The molecule has 0 heterocycles. The molecule has 17 heavy (non-hydrogen) atoms. The van der Waals surface area contributed by atoms with Crippen LogP contribution in [0.1, 0.15) is 51.0 Å². The Morgan fingerprint density at radius 2 is 1.71 bits per heavy atom. The van der Waals surface area contributed by atoms with E-state index >= 15 is 0 Å². The molecule has 2 rings (SSSR count). The van der Waals surface area contributed by atoms with Crippen molar-refractivity contribution in [3.63, 3.8) is 0 Å². The van der Waals surface area contributed by atoms with Crippen LogP contribution in [0.2, 0.25) is 0 Å². The van der Waals surface area contributed by atoms with E-state index in [4.69, 9.17) is 5.73 Å². The molecular formula is C15H23NO. The van der Waals surface area contributed by atoms with Gasteiger partial charge in [0.05, 0.1) is 5.60 Å². The van der Waals surface area contributed by atoms with Gasteiger partial charge in [-0.2, -0.15) is 0 Å². The molecule has 0 atom stereocenters. The van der Waals surface area contributed by atoms with E-state index in [1.807, 2.05) is 19.9 Å². The first-order valence-electron chi connectivity index (χ1n) is 6.49.